The van der Waals surface area contributed by atoms with Crippen LogP contribution in [0, 0.1) is 5.92 Å². The summed E-state index contributed by atoms with van der Waals surface area (Å²) in [6.45, 7) is 0.598. The second-order valence-electron chi connectivity index (χ2n) is 9.00. The number of nitrogens with zero attached hydrogens (tertiary/aromatic N) is 1. The number of carbonyl (C=O) groups is 3. The van der Waals surface area contributed by atoms with Crippen LogP contribution in [0.3, 0.4) is 0 Å². The number of hydrogen-bond donors (Lipinski definition) is 1. The predicted molar refractivity (Wildman–Crippen MR) is 147 cm³/mol. The fourth-order valence-corrected chi connectivity index (χ4v) is 6.31. The van der Waals surface area contributed by atoms with Crippen LogP contribution in [-0.4, -0.2) is 53.8 Å². The Hall–Kier alpha value is -1.55. The summed E-state index contributed by atoms with van der Waals surface area (Å²) >= 11 is 1.44. The average Bonchev–Trinajstić information content (AvgIpc) is 3.49. The van der Waals surface area contributed by atoms with Gasteiger partial charge in [0.05, 0.1) is 11.0 Å². The minimum absolute atomic E-state index is 0. The fraction of sp³-hybridized carbons (Fsp3) is 0.560. The highest BCUT2D eigenvalue weighted by Crippen LogP contribution is 2.32. The molecule has 2 aliphatic heterocycles. The van der Waals surface area contributed by atoms with Crippen LogP contribution < -0.4 is 5.32 Å². The predicted octanol–water partition coefficient (Wildman–Crippen LogP) is 4.40. The highest BCUT2D eigenvalue weighted by molar-refractivity contribution is 7.59. The molecule has 0 unspecified atom stereocenters. The van der Waals surface area contributed by atoms with Gasteiger partial charge in [0.25, 0.3) is 5.91 Å². The van der Waals surface area contributed by atoms with E-state index in [9.17, 15) is 14.4 Å². The van der Waals surface area contributed by atoms with Gasteiger partial charge in [-0.2, -0.15) is 27.0 Å². The van der Waals surface area contributed by atoms with Gasteiger partial charge >= 0.3 is 0 Å². The molecule has 5 rings (SSSR count). The van der Waals surface area contributed by atoms with Gasteiger partial charge in [-0.3, -0.25) is 14.4 Å². The van der Waals surface area contributed by atoms with Crippen molar-refractivity contribution in [1.82, 2.24) is 10.2 Å². The van der Waals surface area contributed by atoms with E-state index in [0.717, 1.165) is 22.9 Å². The number of ether oxygens (including phenoxy) is 1. The van der Waals surface area contributed by atoms with E-state index in [-0.39, 0.29) is 64.7 Å². The number of hydrogen-bond acceptors (Lipinski definition) is 5. The van der Waals surface area contributed by atoms with Gasteiger partial charge in [0, 0.05) is 11.2 Å². The summed E-state index contributed by atoms with van der Waals surface area (Å²) in [7, 11) is 0. The molecule has 34 heavy (non-hydrogen) atoms. The number of thiophene rings is 1. The molecule has 3 atom stereocenters. The molecule has 0 spiro atoms. The Kier molecular flexibility index (Phi) is 10.5. The first-order valence-electron chi connectivity index (χ1n) is 11.3. The van der Waals surface area contributed by atoms with Crippen molar-refractivity contribution in [2.24, 2.45) is 5.92 Å². The highest BCUT2D eigenvalue weighted by atomic mass is 32.1. The molecular formula is C25H36N2O4S3. The number of fused-ring (bicyclic) bond motifs is 2. The maximum absolute atomic E-state index is 13.6. The number of likely N-dealkylation sites (tertiary alicyclic amines) is 1. The zero-order chi connectivity index (χ0) is 21.4. The third-order valence-corrected chi connectivity index (χ3v) is 8.06. The fourth-order valence-electron chi connectivity index (χ4n) is 5.34. The van der Waals surface area contributed by atoms with Gasteiger partial charge in [0.2, 0.25) is 5.91 Å². The van der Waals surface area contributed by atoms with Crippen molar-refractivity contribution in [2.75, 3.05) is 13.2 Å². The molecule has 1 N–H and O–H groups in total. The van der Waals surface area contributed by atoms with Gasteiger partial charge in [-0.25, -0.2) is 0 Å². The van der Waals surface area contributed by atoms with Crippen LogP contribution in [0.2, 0.25) is 0 Å². The summed E-state index contributed by atoms with van der Waals surface area (Å²) in [6, 6.07) is 8.70. The number of carbonyl (C=O) groups excluding carboxylic acids is 3. The molecule has 0 radical (unpaired) electrons. The maximum Gasteiger partial charge on any atom is 0.262 e. The first-order valence-corrected chi connectivity index (χ1v) is 12.2. The smallest absolute Gasteiger partial charge is 0.262 e. The number of benzene rings is 1. The third-order valence-electron chi connectivity index (χ3n) is 6.94. The average molecular weight is 525 g/mol. The molecule has 2 amide bonds. The Morgan fingerprint density at radius 3 is 2.59 bits per heavy atom. The molecule has 3 aliphatic rings. The van der Waals surface area contributed by atoms with E-state index in [1.54, 1.807) is 4.90 Å². The highest BCUT2D eigenvalue weighted by Gasteiger charge is 2.48. The van der Waals surface area contributed by atoms with E-state index in [0.29, 0.717) is 30.2 Å². The molecule has 1 saturated carbocycles. The number of rotatable bonds is 5. The number of Topliss-reactive ketones (excluding diaryl/α,β-unsaturated/α-hetero) is 1. The summed E-state index contributed by atoms with van der Waals surface area (Å²) in [5, 5.41) is 4.07. The van der Waals surface area contributed by atoms with Gasteiger partial charge in [-0.1, -0.05) is 57.7 Å². The van der Waals surface area contributed by atoms with Crippen molar-refractivity contribution in [3.63, 3.8) is 0 Å². The van der Waals surface area contributed by atoms with Gasteiger partial charge in [0.15, 0.2) is 5.78 Å². The minimum atomic E-state index is -0.604. The standard InChI is InChI=1S/C24H28N2O4S.CH4.2H2S/c27-18-14-30-19-10-11-26(22(18)19)24(29)17(12-15-6-2-1-3-7-15)25-23(28)21-13-16-8-4-5-9-20(16)31-21;;;/h4-5,8-9,13,15,17,19,22H,1-3,6-7,10-12,14H2,(H,25,28);1H4;2*1H2/t17-,19+,22+;;;/m0.../s1. The van der Waals surface area contributed by atoms with Crippen LogP contribution in [0.5, 0.6) is 0 Å². The van der Waals surface area contributed by atoms with E-state index < -0.39 is 12.1 Å². The largest absolute Gasteiger partial charge is 0.368 e. The van der Waals surface area contributed by atoms with Gasteiger partial charge < -0.3 is 15.0 Å². The second-order valence-corrected chi connectivity index (χ2v) is 10.1. The third kappa shape index (κ3) is 5.80. The van der Waals surface area contributed by atoms with Crippen LogP contribution >= 0.6 is 38.3 Å². The minimum Gasteiger partial charge on any atom is -0.368 e. The SMILES string of the molecule is C.O=C(N[C@@H](CC1CCCCC1)C(=O)N1CC[C@H]2OCC(=O)[C@H]21)c1cc2ccccc2s1.S.S. The zero-order valence-electron chi connectivity index (χ0n) is 18.5. The van der Waals surface area contributed by atoms with E-state index >= 15 is 0 Å². The van der Waals surface area contributed by atoms with E-state index in [2.05, 4.69) is 5.32 Å². The van der Waals surface area contributed by atoms with Gasteiger partial charge in [0.1, 0.15) is 18.7 Å². The molecule has 1 aromatic carbocycles. The zero-order valence-corrected chi connectivity index (χ0v) is 21.4. The summed E-state index contributed by atoms with van der Waals surface area (Å²) in [5.74, 6) is 0.0638. The molecular weight excluding hydrogens is 488 g/mol. The van der Waals surface area contributed by atoms with Crippen LogP contribution in [-0.2, 0) is 14.3 Å². The van der Waals surface area contributed by atoms with Crippen molar-refractivity contribution in [3.05, 3.63) is 35.2 Å². The van der Waals surface area contributed by atoms with Crippen molar-refractivity contribution in [1.29, 1.82) is 0 Å². The lowest BCUT2D eigenvalue weighted by Gasteiger charge is -2.31. The van der Waals surface area contributed by atoms with Crippen molar-refractivity contribution in [2.45, 2.75) is 70.6 Å². The molecule has 2 aromatic rings. The molecule has 0 bridgehead atoms. The second kappa shape index (κ2) is 12.4. The van der Waals surface area contributed by atoms with Crippen LogP contribution in [0.25, 0.3) is 10.1 Å². The molecule has 188 valence electrons. The molecule has 3 fully saturated rings. The first-order chi connectivity index (χ1) is 15.1. The Morgan fingerprint density at radius 2 is 1.85 bits per heavy atom. The van der Waals surface area contributed by atoms with E-state index in [4.69, 9.17) is 4.74 Å². The maximum atomic E-state index is 13.6. The summed E-state index contributed by atoms with van der Waals surface area (Å²) < 4.78 is 6.61. The lowest BCUT2D eigenvalue weighted by atomic mass is 9.84. The first kappa shape index (κ1) is 28.7. The van der Waals surface area contributed by atoms with E-state index in [1.165, 1.54) is 30.6 Å². The van der Waals surface area contributed by atoms with Crippen molar-refractivity contribution < 1.29 is 19.1 Å². The Balaban J connectivity index is 0.00000136. The summed E-state index contributed by atoms with van der Waals surface area (Å²) in [6.07, 6.45) is 6.91. The molecule has 3 heterocycles. The lowest BCUT2D eigenvalue weighted by Crippen LogP contribution is -2.52. The number of amides is 2. The summed E-state index contributed by atoms with van der Waals surface area (Å²) in [4.78, 5) is 41.3. The monoisotopic (exact) mass is 524 g/mol. The van der Waals surface area contributed by atoms with Crippen molar-refractivity contribution >= 4 is 66.0 Å². The van der Waals surface area contributed by atoms with Crippen LogP contribution in [0.4, 0.5) is 0 Å². The summed E-state index contributed by atoms with van der Waals surface area (Å²) in [5.41, 5.74) is 0. The van der Waals surface area contributed by atoms with Gasteiger partial charge in [-0.15, -0.1) is 11.3 Å². The molecule has 1 aromatic heterocycles. The number of nitrogens with one attached hydrogen (secondary N) is 1. The molecule has 6 nitrogen and oxygen atoms in total. The Bertz CT molecular complexity index is 972. The lowest BCUT2D eigenvalue weighted by molar-refractivity contribution is -0.138. The van der Waals surface area contributed by atoms with Crippen molar-refractivity contribution in [3.8, 4) is 0 Å². The normalized spacial score (nSPS) is 22.8. The topological polar surface area (TPSA) is 75.7 Å². The molecule has 2 saturated heterocycles. The number of ketones is 1. The quantitative estimate of drug-likeness (QED) is 0.629. The van der Waals surface area contributed by atoms with Crippen LogP contribution in [0.15, 0.2) is 30.3 Å². The van der Waals surface area contributed by atoms with E-state index in [1.807, 2.05) is 30.3 Å². The Morgan fingerprint density at radius 1 is 1.12 bits per heavy atom. The Labute approximate surface area is 219 Å². The molecule has 9 heteroatoms. The molecule has 1 aliphatic carbocycles. The van der Waals surface area contributed by atoms with Crippen LogP contribution in [0.1, 0.15) is 62.0 Å². The van der Waals surface area contributed by atoms with Gasteiger partial charge in [-0.05, 0) is 36.3 Å².